The van der Waals surface area contributed by atoms with Crippen molar-refractivity contribution in [1.82, 2.24) is 0 Å². The van der Waals surface area contributed by atoms with Gasteiger partial charge in [-0.1, -0.05) is 32.4 Å². The highest BCUT2D eigenvalue weighted by atomic mass is 14.7. The molecule has 0 saturated heterocycles. The third kappa shape index (κ3) is 1.09. The lowest BCUT2D eigenvalue weighted by atomic mass is 9.67. The molecule has 0 radical (unpaired) electrons. The van der Waals surface area contributed by atoms with Gasteiger partial charge in [0.25, 0.3) is 0 Å². The summed E-state index contributed by atoms with van der Waals surface area (Å²) in [5.41, 5.74) is 3.01. The average Bonchev–Trinajstić information content (AvgIpc) is 2.61. The molecule has 2 fully saturated rings. The van der Waals surface area contributed by atoms with Crippen molar-refractivity contribution in [3.8, 4) is 0 Å². The van der Waals surface area contributed by atoms with Crippen molar-refractivity contribution in [2.24, 2.45) is 28.6 Å². The van der Waals surface area contributed by atoms with Crippen LogP contribution in [-0.4, -0.2) is 0 Å². The number of rotatable bonds is 0. The van der Waals surface area contributed by atoms with Crippen molar-refractivity contribution >= 4 is 0 Å². The molecule has 0 aromatic heterocycles. The smallest absolute Gasteiger partial charge is 0.0138 e. The Bertz CT molecular complexity index is 323. The molecular weight excluding hydrogens is 180 g/mol. The second-order valence-electron chi connectivity index (χ2n) is 7.21. The SMILES string of the molecule is CC1=C[C@H]2CC(C)(C)C[C@@]23[C@H](C)CC[C@H]13. The Balaban J connectivity index is 2.05. The quantitative estimate of drug-likeness (QED) is 0.513. The predicted molar refractivity (Wildman–Crippen MR) is 64.6 cm³/mol. The van der Waals surface area contributed by atoms with Crippen molar-refractivity contribution in [3.05, 3.63) is 11.6 Å². The molecule has 15 heavy (non-hydrogen) atoms. The predicted octanol–water partition coefficient (Wildman–Crippen LogP) is 4.42. The Hall–Kier alpha value is -0.260. The van der Waals surface area contributed by atoms with Gasteiger partial charge in [-0.15, -0.1) is 0 Å². The summed E-state index contributed by atoms with van der Waals surface area (Å²) in [6.45, 7) is 9.85. The molecule has 1 spiro atoms. The molecule has 84 valence electrons. The molecule has 0 aromatic rings. The Labute approximate surface area is 94.1 Å². The second kappa shape index (κ2) is 2.70. The van der Waals surface area contributed by atoms with Crippen LogP contribution in [0.4, 0.5) is 0 Å². The maximum absolute atomic E-state index is 2.63. The lowest BCUT2D eigenvalue weighted by Gasteiger charge is -2.36. The van der Waals surface area contributed by atoms with Gasteiger partial charge in [-0.2, -0.15) is 0 Å². The summed E-state index contributed by atoms with van der Waals surface area (Å²) in [7, 11) is 0. The van der Waals surface area contributed by atoms with E-state index in [-0.39, 0.29) is 0 Å². The molecule has 3 rings (SSSR count). The molecule has 0 bridgehead atoms. The van der Waals surface area contributed by atoms with Gasteiger partial charge < -0.3 is 0 Å². The molecule has 0 unspecified atom stereocenters. The van der Waals surface area contributed by atoms with Crippen LogP contribution < -0.4 is 0 Å². The summed E-state index contributed by atoms with van der Waals surface area (Å²) < 4.78 is 0. The van der Waals surface area contributed by atoms with Crippen LogP contribution in [0.1, 0.15) is 53.4 Å². The van der Waals surface area contributed by atoms with Gasteiger partial charge in [0, 0.05) is 0 Å². The highest BCUT2D eigenvalue weighted by molar-refractivity contribution is 5.28. The van der Waals surface area contributed by atoms with Crippen molar-refractivity contribution < 1.29 is 0 Å². The fourth-order valence-corrected chi connectivity index (χ4v) is 5.34. The van der Waals surface area contributed by atoms with E-state index in [1.165, 1.54) is 25.7 Å². The lowest BCUT2D eigenvalue weighted by molar-refractivity contribution is 0.135. The van der Waals surface area contributed by atoms with Crippen molar-refractivity contribution in [2.75, 3.05) is 0 Å². The maximum Gasteiger partial charge on any atom is -0.0138 e. The van der Waals surface area contributed by atoms with E-state index in [2.05, 4.69) is 33.8 Å². The first-order valence-electron chi connectivity index (χ1n) is 6.64. The maximum atomic E-state index is 2.63. The molecule has 0 N–H and O–H groups in total. The monoisotopic (exact) mass is 204 g/mol. The number of hydrogen-bond donors (Lipinski definition) is 0. The van der Waals surface area contributed by atoms with E-state index < -0.39 is 0 Å². The summed E-state index contributed by atoms with van der Waals surface area (Å²) in [6.07, 6.45) is 8.49. The van der Waals surface area contributed by atoms with Crippen LogP contribution >= 0.6 is 0 Å². The standard InChI is InChI=1S/C15H24/c1-10-7-12-8-14(3,4)9-15(12)11(2)5-6-13(10)15/h7,11-13H,5-6,8-9H2,1-4H3/t11-,12+,13-,15-/m1/s1. The highest BCUT2D eigenvalue weighted by Crippen LogP contribution is 2.70. The molecule has 0 heteroatoms. The number of hydrogen-bond acceptors (Lipinski definition) is 0. The average molecular weight is 204 g/mol. The molecule has 0 aromatic carbocycles. The topological polar surface area (TPSA) is 0 Å². The molecular formula is C15H24. The normalized spacial score (nSPS) is 51.5. The summed E-state index contributed by atoms with van der Waals surface area (Å²) in [6, 6.07) is 0. The minimum atomic E-state index is 0.596. The van der Waals surface area contributed by atoms with Gasteiger partial charge in [0.2, 0.25) is 0 Å². The van der Waals surface area contributed by atoms with Gasteiger partial charge in [-0.25, -0.2) is 0 Å². The fourth-order valence-electron chi connectivity index (χ4n) is 5.34. The summed E-state index contributed by atoms with van der Waals surface area (Å²) in [4.78, 5) is 0. The first-order valence-corrected chi connectivity index (χ1v) is 6.64. The first-order chi connectivity index (χ1) is 6.96. The zero-order valence-electron chi connectivity index (χ0n) is 10.6. The second-order valence-corrected chi connectivity index (χ2v) is 7.21. The van der Waals surface area contributed by atoms with E-state index in [4.69, 9.17) is 0 Å². The molecule has 4 atom stereocenters. The minimum absolute atomic E-state index is 0.596. The summed E-state index contributed by atoms with van der Waals surface area (Å²) in [5.74, 6) is 2.82. The Morgan fingerprint density at radius 3 is 2.73 bits per heavy atom. The molecule has 0 nitrogen and oxygen atoms in total. The van der Waals surface area contributed by atoms with Crippen LogP contribution in [0.25, 0.3) is 0 Å². The third-order valence-electron chi connectivity index (χ3n) is 5.72. The highest BCUT2D eigenvalue weighted by Gasteiger charge is 2.61. The van der Waals surface area contributed by atoms with Gasteiger partial charge in [-0.05, 0) is 61.2 Å². The van der Waals surface area contributed by atoms with E-state index in [1.54, 1.807) is 5.57 Å². The Morgan fingerprint density at radius 2 is 2.00 bits per heavy atom. The molecule has 0 heterocycles. The number of allylic oxidation sites excluding steroid dienone is 2. The zero-order valence-corrected chi connectivity index (χ0v) is 10.6. The van der Waals surface area contributed by atoms with E-state index in [9.17, 15) is 0 Å². The van der Waals surface area contributed by atoms with Gasteiger partial charge in [0.15, 0.2) is 0 Å². The minimum Gasteiger partial charge on any atom is -0.0816 e. The van der Waals surface area contributed by atoms with Crippen molar-refractivity contribution in [1.29, 1.82) is 0 Å². The van der Waals surface area contributed by atoms with E-state index in [1.807, 2.05) is 0 Å². The van der Waals surface area contributed by atoms with E-state index >= 15 is 0 Å². The fraction of sp³-hybridized carbons (Fsp3) is 0.867. The van der Waals surface area contributed by atoms with E-state index in [0.717, 1.165) is 17.8 Å². The molecule has 3 aliphatic carbocycles. The van der Waals surface area contributed by atoms with Crippen molar-refractivity contribution in [3.63, 3.8) is 0 Å². The lowest BCUT2D eigenvalue weighted by Crippen LogP contribution is -2.31. The zero-order chi connectivity index (χ0) is 10.8. The molecule has 0 amide bonds. The first kappa shape index (κ1) is 9.93. The molecule has 3 aliphatic rings. The van der Waals surface area contributed by atoms with Crippen LogP contribution in [0, 0.1) is 28.6 Å². The van der Waals surface area contributed by atoms with Crippen LogP contribution in [0.15, 0.2) is 11.6 Å². The third-order valence-corrected chi connectivity index (χ3v) is 5.72. The summed E-state index contributed by atoms with van der Waals surface area (Å²) in [5, 5.41) is 0. The van der Waals surface area contributed by atoms with Crippen LogP contribution in [0.5, 0.6) is 0 Å². The van der Waals surface area contributed by atoms with Crippen LogP contribution in [0.3, 0.4) is 0 Å². The van der Waals surface area contributed by atoms with Gasteiger partial charge in [-0.3, -0.25) is 0 Å². The Morgan fingerprint density at radius 1 is 1.27 bits per heavy atom. The van der Waals surface area contributed by atoms with E-state index in [0.29, 0.717) is 10.8 Å². The molecule has 0 aliphatic heterocycles. The van der Waals surface area contributed by atoms with Crippen molar-refractivity contribution in [2.45, 2.75) is 53.4 Å². The largest absolute Gasteiger partial charge is 0.0816 e. The van der Waals surface area contributed by atoms with Gasteiger partial charge >= 0.3 is 0 Å². The molecule has 2 saturated carbocycles. The van der Waals surface area contributed by atoms with Crippen LogP contribution in [0.2, 0.25) is 0 Å². The summed E-state index contributed by atoms with van der Waals surface area (Å²) >= 11 is 0. The Kier molecular flexibility index (Phi) is 1.79. The van der Waals surface area contributed by atoms with Gasteiger partial charge in [0.1, 0.15) is 0 Å². The van der Waals surface area contributed by atoms with Crippen LogP contribution in [-0.2, 0) is 0 Å². The van der Waals surface area contributed by atoms with Gasteiger partial charge in [0.05, 0.1) is 0 Å².